The van der Waals surface area contributed by atoms with Crippen molar-refractivity contribution in [3.05, 3.63) is 29.8 Å². The third kappa shape index (κ3) is 12.7. The molecular weight excluding hydrogens is 360 g/mol. The lowest BCUT2D eigenvalue weighted by atomic mass is 10.2. The van der Waals surface area contributed by atoms with Crippen LogP contribution in [0.5, 0.6) is 0 Å². The quantitative estimate of drug-likeness (QED) is 0.321. The Bertz CT molecular complexity index is 508. The molecule has 1 aromatic carbocycles. The molecule has 0 heterocycles. The van der Waals surface area contributed by atoms with Gasteiger partial charge in [0.1, 0.15) is 6.61 Å². The second-order valence-corrected chi connectivity index (χ2v) is 6.63. The van der Waals surface area contributed by atoms with Crippen LogP contribution in [-0.4, -0.2) is 84.3 Å². The molecule has 0 aromatic heterocycles. The van der Waals surface area contributed by atoms with Crippen molar-refractivity contribution in [2.24, 2.45) is 0 Å². The number of hydrogen-bond donors (Lipinski definition) is 1. The molecule has 1 aromatic rings. The van der Waals surface area contributed by atoms with E-state index in [1.54, 1.807) is 12.1 Å². The minimum absolute atomic E-state index is 0.225. The van der Waals surface area contributed by atoms with E-state index in [2.05, 4.69) is 17.1 Å². The van der Waals surface area contributed by atoms with Gasteiger partial charge in [-0.3, -0.25) is 0 Å². The van der Waals surface area contributed by atoms with E-state index in [1.807, 2.05) is 26.2 Å². The Kier molecular flexibility index (Phi) is 14.2. The Balaban J connectivity index is 1.97. The number of nitrogens with zero attached hydrogens (tertiary/aromatic N) is 1. The van der Waals surface area contributed by atoms with E-state index in [9.17, 15) is 4.79 Å². The lowest BCUT2D eigenvalue weighted by Gasteiger charge is -2.10. The van der Waals surface area contributed by atoms with Gasteiger partial charge < -0.3 is 29.2 Å². The largest absolute Gasteiger partial charge is 0.460 e. The first kappa shape index (κ1) is 24.4. The van der Waals surface area contributed by atoms with Crippen LogP contribution in [0.2, 0.25) is 0 Å². The maximum absolute atomic E-state index is 12.0. The summed E-state index contributed by atoms with van der Waals surface area (Å²) in [6.45, 7) is 7.37. The van der Waals surface area contributed by atoms with Gasteiger partial charge in [0.15, 0.2) is 0 Å². The van der Waals surface area contributed by atoms with Crippen LogP contribution in [0.3, 0.4) is 0 Å². The Morgan fingerprint density at radius 1 is 0.893 bits per heavy atom. The third-order valence-corrected chi connectivity index (χ3v) is 3.87. The topological polar surface area (TPSA) is 69.3 Å². The van der Waals surface area contributed by atoms with Gasteiger partial charge >= 0.3 is 5.97 Å². The van der Waals surface area contributed by atoms with Gasteiger partial charge in [0.25, 0.3) is 0 Å². The summed E-state index contributed by atoms with van der Waals surface area (Å²) < 4.78 is 21.4. The van der Waals surface area contributed by atoms with Crippen LogP contribution in [-0.2, 0) is 18.9 Å². The molecule has 0 unspecified atom stereocenters. The van der Waals surface area contributed by atoms with E-state index in [0.29, 0.717) is 45.2 Å². The van der Waals surface area contributed by atoms with Crippen LogP contribution >= 0.6 is 0 Å². The summed E-state index contributed by atoms with van der Waals surface area (Å²) in [5, 5.41) is 3.31. The highest BCUT2D eigenvalue weighted by Gasteiger charge is 2.06. The summed E-state index contributed by atoms with van der Waals surface area (Å²) in [4.78, 5) is 14.1. The zero-order valence-electron chi connectivity index (χ0n) is 17.6. The van der Waals surface area contributed by atoms with Crippen molar-refractivity contribution in [1.82, 2.24) is 4.90 Å². The lowest BCUT2D eigenvalue weighted by molar-refractivity contribution is -0.000597. The summed E-state index contributed by atoms with van der Waals surface area (Å²) in [5.74, 6) is -0.338. The average Bonchev–Trinajstić information content (AvgIpc) is 2.69. The molecule has 1 N–H and O–H groups in total. The highest BCUT2D eigenvalue weighted by molar-refractivity contribution is 5.89. The second-order valence-electron chi connectivity index (χ2n) is 6.63. The zero-order chi connectivity index (χ0) is 20.5. The van der Waals surface area contributed by atoms with E-state index in [-0.39, 0.29) is 12.6 Å². The van der Waals surface area contributed by atoms with Crippen LogP contribution in [0.15, 0.2) is 24.3 Å². The van der Waals surface area contributed by atoms with Crippen LogP contribution in [0.4, 0.5) is 5.69 Å². The molecular formula is C21H36N2O5. The van der Waals surface area contributed by atoms with Gasteiger partial charge in [-0.15, -0.1) is 0 Å². The van der Waals surface area contributed by atoms with Gasteiger partial charge in [-0.25, -0.2) is 4.79 Å². The highest BCUT2D eigenvalue weighted by Crippen LogP contribution is 2.10. The molecule has 0 spiro atoms. The van der Waals surface area contributed by atoms with Crippen molar-refractivity contribution in [2.45, 2.75) is 19.8 Å². The van der Waals surface area contributed by atoms with Crippen LogP contribution < -0.4 is 5.32 Å². The fraction of sp³-hybridized carbons (Fsp3) is 0.667. The van der Waals surface area contributed by atoms with Crippen molar-refractivity contribution in [3.8, 4) is 0 Å². The van der Waals surface area contributed by atoms with Crippen molar-refractivity contribution in [3.63, 3.8) is 0 Å². The molecule has 7 heteroatoms. The number of benzene rings is 1. The lowest BCUT2D eigenvalue weighted by Crippen LogP contribution is -2.19. The Morgan fingerprint density at radius 2 is 1.46 bits per heavy atom. The van der Waals surface area contributed by atoms with E-state index < -0.39 is 0 Å². The predicted octanol–water partition coefficient (Wildman–Crippen LogP) is 2.67. The number of hydrogen-bond acceptors (Lipinski definition) is 7. The molecule has 0 amide bonds. The van der Waals surface area contributed by atoms with E-state index in [1.165, 1.54) is 0 Å². The van der Waals surface area contributed by atoms with Gasteiger partial charge in [0, 0.05) is 18.8 Å². The summed E-state index contributed by atoms with van der Waals surface area (Å²) >= 11 is 0. The molecule has 160 valence electrons. The van der Waals surface area contributed by atoms with Gasteiger partial charge in [0.05, 0.1) is 45.2 Å². The molecule has 7 nitrogen and oxygen atoms in total. The first-order valence-corrected chi connectivity index (χ1v) is 10.0. The normalized spacial score (nSPS) is 11.0. The van der Waals surface area contributed by atoms with E-state index in [4.69, 9.17) is 18.9 Å². The average molecular weight is 397 g/mol. The summed E-state index contributed by atoms with van der Waals surface area (Å²) in [7, 11) is 4.02. The molecule has 0 radical (unpaired) electrons. The van der Waals surface area contributed by atoms with Crippen LogP contribution in [0.1, 0.15) is 30.1 Å². The summed E-state index contributed by atoms with van der Waals surface area (Å²) in [6, 6.07) is 7.33. The number of carbonyl (C=O) groups excluding carboxylic acids is 1. The monoisotopic (exact) mass is 396 g/mol. The molecule has 0 bridgehead atoms. The first-order chi connectivity index (χ1) is 13.6. The van der Waals surface area contributed by atoms with Crippen LogP contribution in [0.25, 0.3) is 0 Å². The van der Waals surface area contributed by atoms with Gasteiger partial charge in [0.2, 0.25) is 0 Å². The summed E-state index contributed by atoms with van der Waals surface area (Å²) in [5.41, 5.74) is 1.55. The number of ether oxygens (including phenoxy) is 4. The molecule has 0 saturated heterocycles. The number of likely N-dealkylation sites (N-methyl/N-ethyl adjacent to an activating group) is 1. The first-order valence-electron chi connectivity index (χ1n) is 10.0. The molecule has 0 aliphatic carbocycles. The number of nitrogens with one attached hydrogen (secondary N) is 1. The van der Waals surface area contributed by atoms with Crippen molar-refractivity contribution < 1.29 is 23.7 Å². The maximum atomic E-state index is 12.0. The van der Waals surface area contributed by atoms with Gasteiger partial charge in [-0.1, -0.05) is 13.3 Å². The summed E-state index contributed by atoms with van der Waals surface area (Å²) in [6.07, 6.45) is 2.27. The van der Waals surface area contributed by atoms with Crippen molar-refractivity contribution in [2.75, 3.05) is 78.7 Å². The number of carbonyl (C=O) groups is 1. The van der Waals surface area contributed by atoms with E-state index in [0.717, 1.165) is 31.6 Å². The number of anilines is 1. The van der Waals surface area contributed by atoms with Crippen molar-refractivity contribution in [1.29, 1.82) is 0 Å². The standard InChI is InChI=1S/C21H36N2O5/c1-4-5-10-22-20-8-6-19(7-9-20)21(24)28-18-17-27-16-15-26-14-13-25-12-11-23(2)3/h6-9,22H,4-5,10-18H2,1-3H3. The number of esters is 1. The van der Waals surface area contributed by atoms with Gasteiger partial charge in [-0.2, -0.15) is 0 Å². The molecule has 28 heavy (non-hydrogen) atoms. The highest BCUT2D eigenvalue weighted by atomic mass is 16.6. The smallest absolute Gasteiger partial charge is 0.338 e. The third-order valence-electron chi connectivity index (χ3n) is 3.87. The Hall–Kier alpha value is -1.67. The number of rotatable bonds is 17. The fourth-order valence-corrected chi connectivity index (χ4v) is 2.20. The minimum atomic E-state index is -0.338. The molecule has 0 fully saturated rings. The molecule has 0 atom stereocenters. The Morgan fingerprint density at radius 3 is 2.04 bits per heavy atom. The predicted molar refractivity (Wildman–Crippen MR) is 111 cm³/mol. The molecule has 0 aliphatic rings. The SMILES string of the molecule is CCCCNc1ccc(C(=O)OCCOCCOCCOCCN(C)C)cc1. The van der Waals surface area contributed by atoms with Gasteiger partial charge in [-0.05, 0) is 44.8 Å². The molecule has 1 rings (SSSR count). The molecule has 0 saturated carbocycles. The Labute approximate surface area is 169 Å². The number of unbranched alkanes of at least 4 members (excludes halogenated alkanes) is 1. The fourth-order valence-electron chi connectivity index (χ4n) is 2.20. The maximum Gasteiger partial charge on any atom is 0.338 e. The second kappa shape index (κ2) is 16.3. The molecule has 0 aliphatic heterocycles. The van der Waals surface area contributed by atoms with Crippen LogP contribution in [0, 0.1) is 0 Å². The van der Waals surface area contributed by atoms with E-state index >= 15 is 0 Å². The van der Waals surface area contributed by atoms with Crippen molar-refractivity contribution >= 4 is 11.7 Å². The minimum Gasteiger partial charge on any atom is -0.460 e. The zero-order valence-corrected chi connectivity index (χ0v) is 17.6.